The molecule has 0 heterocycles. The first-order chi connectivity index (χ1) is 9.71. The minimum absolute atomic E-state index is 0. The fourth-order valence-corrected chi connectivity index (χ4v) is 1.37. The van der Waals surface area contributed by atoms with Crippen molar-refractivity contribution in [3.8, 4) is 0 Å². The van der Waals surface area contributed by atoms with Crippen LogP contribution in [0.2, 0.25) is 0 Å². The molecular formula is C17H22O3Ru. The number of ketones is 1. The van der Waals surface area contributed by atoms with Crippen molar-refractivity contribution in [2.24, 2.45) is 0 Å². The van der Waals surface area contributed by atoms with E-state index in [1.807, 2.05) is 26.0 Å². The molecule has 0 atom stereocenters. The van der Waals surface area contributed by atoms with Crippen molar-refractivity contribution in [2.45, 2.75) is 39.5 Å². The smallest absolute Gasteiger partial charge is 0.199 e. The van der Waals surface area contributed by atoms with Crippen molar-refractivity contribution in [1.82, 2.24) is 0 Å². The Labute approximate surface area is 139 Å². The molecule has 0 aromatic heterocycles. The van der Waals surface area contributed by atoms with E-state index in [1.165, 1.54) is 12.2 Å². The second-order valence-electron chi connectivity index (χ2n) is 4.24. The van der Waals surface area contributed by atoms with E-state index in [1.54, 1.807) is 12.2 Å². The summed E-state index contributed by atoms with van der Waals surface area (Å²) in [6.45, 7) is 4.07. The van der Waals surface area contributed by atoms with Gasteiger partial charge in [0.2, 0.25) is 0 Å². The molecule has 0 aliphatic rings. The Bertz CT molecular complexity index is 403. The molecule has 0 aliphatic heterocycles. The predicted octanol–water partition coefficient (Wildman–Crippen LogP) is 3.52. The van der Waals surface area contributed by atoms with E-state index in [0.29, 0.717) is 12.6 Å². The number of carbonyl (C=O) groups is 3. The first-order valence-electron chi connectivity index (χ1n) is 6.89. The maximum absolute atomic E-state index is 12.0. The summed E-state index contributed by atoms with van der Waals surface area (Å²) in [5, 5.41) is 0. The van der Waals surface area contributed by atoms with Gasteiger partial charge in [-0.25, -0.2) is 0 Å². The minimum atomic E-state index is -0.544. The van der Waals surface area contributed by atoms with Crippen LogP contribution in [0, 0.1) is 0 Å². The topological polar surface area (TPSA) is 51.2 Å². The quantitative estimate of drug-likeness (QED) is 0.147. The molecule has 0 radical (unpaired) electrons. The van der Waals surface area contributed by atoms with Gasteiger partial charge in [-0.1, -0.05) is 51.0 Å². The molecule has 116 valence electrons. The Kier molecular flexibility index (Phi) is 15.6. The second kappa shape index (κ2) is 15.0. The Morgan fingerprint density at radius 2 is 1.19 bits per heavy atom. The summed E-state index contributed by atoms with van der Waals surface area (Å²) in [5.41, 5.74) is -0.0285. The number of hydrogen-bond donors (Lipinski definition) is 0. The third-order valence-electron chi connectivity index (χ3n) is 2.51. The van der Waals surface area contributed by atoms with Crippen LogP contribution >= 0.6 is 0 Å². The molecule has 0 saturated heterocycles. The molecule has 0 aliphatic carbocycles. The number of rotatable bonds is 10. The van der Waals surface area contributed by atoms with Gasteiger partial charge < -0.3 is 0 Å². The van der Waals surface area contributed by atoms with Gasteiger partial charge in [0, 0.05) is 19.5 Å². The van der Waals surface area contributed by atoms with E-state index in [-0.39, 0.29) is 30.6 Å². The zero-order valence-corrected chi connectivity index (χ0v) is 14.3. The summed E-state index contributed by atoms with van der Waals surface area (Å²) >= 11 is 0. The minimum Gasteiger partial charge on any atom is -0.298 e. The summed E-state index contributed by atoms with van der Waals surface area (Å²) in [4.78, 5) is 33.8. The third kappa shape index (κ3) is 10.0. The molecule has 4 heteroatoms. The van der Waals surface area contributed by atoms with E-state index >= 15 is 0 Å². The van der Waals surface area contributed by atoms with Crippen LogP contribution < -0.4 is 0 Å². The van der Waals surface area contributed by atoms with Gasteiger partial charge in [-0.15, -0.1) is 0 Å². The Hall–Kier alpha value is -1.41. The Morgan fingerprint density at radius 1 is 0.810 bits per heavy atom. The van der Waals surface area contributed by atoms with Crippen LogP contribution in [0.15, 0.2) is 47.6 Å². The first-order valence-corrected chi connectivity index (χ1v) is 6.89. The molecule has 0 unspecified atom stereocenters. The average molecular weight is 375 g/mol. The number of Topliss-reactive ketones (excluding diaryl/α,β-unsaturated/α-hetero) is 1. The largest absolute Gasteiger partial charge is 0.298 e. The van der Waals surface area contributed by atoms with Crippen molar-refractivity contribution >= 4 is 18.4 Å². The van der Waals surface area contributed by atoms with Gasteiger partial charge in [0.25, 0.3) is 0 Å². The van der Waals surface area contributed by atoms with Crippen molar-refractivity contribution in [2.75, 3.05) is 0 Å². The zero-order valence-electron chi connectivity index (χ0n) is 12.5. The summed E-state index contributed by atoms with van der Waals surface area (Å²) in [5.74, 6) is -0.544. The molecule has 3 nitrogen and oxygen atoms in total. The Morgan fingerprint density at radius 3 is 1.48 bits per heavy atom. The van der Waals surface area contributed by atoms with Crippen LogP contribution in [0.4, 0.5) is 0 Å². The maximum Gasteiger partial charge on any atom is 0.199 e. The molecule has 0 fully saturated rings. The zero-order chi connectivity index (χ0) is 15.2. The van der Waals surface area contributed by atoms with Crippen LogP contribution in [-0.4, -0.2) is 18.4 Å². The van der Waals surface area contributed by atoms with E-state index in [2.05, 4.69) is 0 Å². The van der Waals surface area contributed by atoms with Crippen LogP contribution in [-0.2, 0) is 33.9 Å². The molecule has 0 bridgehead atoms. The molecule has 0 aromatic carbocycles. The van der Waals surface area contributed by atoms with Crippen LogP contribution in [0.5, 0.6) is 0 Å². The van der Waals surface area contributed by atoms with E-state index < -0.39 is 5.78 Å². The standard InChI is InChI=1S/C17H22O3.Ru/c1-3-5-7-9-11-15(13-18)17(20)16(14-19)12-10-8-6-4-2;/h7-14H,3-6H2,1-2H3;. The van der Waals surface area contributed by atoms with Gasteiger partial charge in [0.1, 0.15) is 0 Å². The van der Waals surface area contributed by atoms with Crippen LogP contribution in [0.3, 0.4) is 0 Å². The third-order valence-corrected chi connectivity index (χ3v) is 2.51. The Balaban J connectivity index is 0. The van der Waals surface area contributed by atoms with Crippen molar-refractivity contribution in [1.29, 1.82) is 0 Å². The van der Waals surface area contributed by atoms with Gasteiger partial charge in [0.15, 0.2) is 18.4 Å². The molecule has 0 aromatic rings. The summed E-state index contributed by atoms with van der Waals surface area (Å²) in [6.07, 6.45) is 14.7. The SMILES string of the molecule is CCCC=CC=C(C=O)C(=O)C(C=O)=CC=CCCC.[Ru]. The normalized spacial score (nSPS) is 12.5. The van der Waals surface area contributed by atoms with Crippen LogP contribution in [0.25, 0.3) is 0 Å². The predicted molar refractivity (Wildman–Crippen MR) is 81.4 cm³/mol. The van der Waals surface area contributed by atoms with Gasteiger partial charge in [0.05, 0.1) is 11.1 Å². The molecular weight excluding hydrogens is 353 g/mol. The molecule has 0 N–H and O–H groups in total. The molecule has 21 heavy (non-hydrogen) atoms. The van der Waals surface area contributed by atoms with Crippen molar-refractivity contribution in [3.05, 3.63) is 47.6 Å². The van der Waals surface area contributed by atoms with Gasteiger partial charge in [-0.05, 0) is 25.0 Å². The monoisotopic (exact) mass is 376 g/mol. The summed E-state index contributed by atoms with van der Waals surface area (Å²) in [7, 11) is 0. The van der Waals surface area contributed by atoms with Gasteiger partial charge >= 0.3 is 0 Å². The molecule has 0 amide bonds. The van der Waals surface area contributed by atoms with Gasteiger partial charge in [-0.3, -0.25) is 14.4 Å². The molecule has 0 spiro atoms. The maximum atomic E-state index is 12.0. The average Bonchev–Trinajstić information content (AvgIpc) is 2.47. The number of carbonyl (C=O) groups excluding carboxylic acids is 3. The second-order valence-corrected chi connectivity index (χ2v) is 4.24. The number of unbranched alkanes of at least 4 members (excludes halogenated alkanes) is 2. The molecule has 0 saturated carbocycles. The van der Waals surface area contributed by atoms with E-state index in [0.717, 1.165) is 25.7 Å². The van der Waals surface area contributed by atoms with Crippen molar-refractivity contribution < 1.29 is 33.9 Å². The number of aldehydes is 2. The fourth-order valence-electron chi connectivity index (χ4n) is 1.37. The summed E-state index contributed by atoms with van der Waals surface area (Å²) < 4.78 is 0. The van der Waals surface area contributed by atoms with E-state index in [9.17, 15) is 14.4 Å². The first kappa shape index (κ1) is 21.9. The fraction of sp³-hybridized carbons (Fsp3) is 0.353. The van der Waals surface area contributed by atoms with Crippen LogP contribution in [0.1, 0.15) is 39.5 Å². The number of allylic oxidation sites excluding steroid dienone is 8. The summed E-state index contributed by atoms with van der Waals surface area (Å²) in [6, 6.07) is 0. The van der Waals surface area contributed by atoms with E-state index in [4.69, 9.17) is 0 Å². The van der Waals surface area contributed by atoms with Gasteiger partial charge in [-0.2, -0.15) is 0 Å². The number of hydrogen-bond acceptors (Lipinski definition) is 3. The van der Waals surface area contributed by atoms with Crippen molar-refractivity contribution in [3.63, 3.8) is 0 Å². The molecule has 0 rings (SSSR count).